The lowest BCUT2D eigenvalue weighted by Gasteiger charge is -2.05. The van der Waals surface area contributed by atoms with Gasteiger partial charge in [0.15, 0.2) is 11.5 Å². The molecule has 8 nitrogen and oxygen atoms in total. The number of para-hydroxylation sites is 1. The second-order valence-corrected chi connectivity index (χ2v) is 8.51. The highest BCUT2D eigenvalue weighted by atomic mass is 19.1. The standard InChI is InChI=1S/C27H22FN7O/c1-2-29-12-15-8-17(14-30-13-15)21-6-7-23-25(31-21)26(35-34-23)27-32-22-5-3-4-20(24(22)33-27)16-9-18(28)11-19(36)10-16/h3-11,13-14,29,36H,2,12H2,1H3,(H,32,33)(H,34,35). The number of imidazole rings is 1. The number of phenolic OH excluding ortho intramolecular Hbond substituents is 1. The molecule has 0 aliphatic rings. The zero-order valence-corrected chi connectivity index (χ0v) is 19.4. The third-order valence-corrected chi connectivity index (χ3v) is 6.01. The quantitative estimate of drug-likeness (QED) is 0.262. The number of nitrogens with one attached hydrogen (secondary N) is 3. The van der Waals surface area contributed by atoms with E-state index in [4.69, 9.17) is 9.97 Å². The smallest absolute Gasteiger partial charge is 0.161 e. The predicted molar refractivity (Wildman–Crippen MR) is 137 cm³/mol. The Labute approximate surface area is 205 Å². The molecule has 36 heavy (non-hydrogen) atoms. The van der Waals surface area contributed by atoms with Gasteiger partial charge in [0.25, 0.3) is 0 Å². The molecule has 4 N–H and O–H groups in total. The van der Waals surface area contributed by atoms with Crippen LogP contribution in [-0.2, 0) is 6.54 Å². The Morgan fingerprint density at radius 2 is 1.86 bits per heavy atom. The minimum absolute atomic E-state index is 0.142. The van der Waals surface area contributed by atoms with E-state index in [2.05, 4.69) is 38.5 Å². The monoisotopic (exact) mass is 479 g/mol. The number of halogens is 1. The van der Waals surface area contributed by atoms with Crippen LogP contribution in [0, 0.1) is 5.82 Å². The molecular formula is C27H22FN7O. The first-order chi connectivity index (χ1) is 17.6. The first-order valence-corrected chi connectivity index (χ1v) is 11.6. The van der Waals surface area contributed by atoms with Crippen molar-refractivity contribution < 1.29 is 9.50 Å². The Bertz CT molecular complexity index is 1700. The molecule has 0 saturated heterocycles. The zero-order chi connectivity index (χ0) is 24.6. The molecule has 6 aromatic rings. The lowest BCUT2D eigenvalue weighted by Crippen LogP contribution is -2.11. The fourth-order valence-corrected chi connectivity index (χ4v) is 4.33. The molecule has 0 unspecified atom stereocenters. The third kappa shape index (κ3) is 3.95. The van der Waals surface area contributed by atoms with Crippen molar-refractivity contribution in [3.8, 4) is 39.7 Å². The van der Waals surface area contributed by atoms with Crippen LogP contribution in [-0.4, -0.2) is 41.8 Å². The summed E-state index contributed by atoms with van der Waals surface area (Å²) in [6, 6.07) is 15.5. The zero-order valence-electron chi connectivity index (χ0n) is 19.4. The van der Waals surface area contributed by atoms with Gasteiger partial charge in [0.2, 0.25) is 0 Å². The molecule has 4 heterocycles. The van der Waals surface area contributed by atoms with Crippen molar-refractivity contribution >= 4 is 22.1 Å². The molecule has 0 bridgehead atoms. The van der Waals surface area contributed by atoms with Crippen molar-refractivity contribution in [2.24, 2.45) is 0 Å². The largest absolute Gasteiger partial charge is 0.508 e. The summed E-state index contributed by atoms with van der Waals surface area (Å²) in [7, 11) is 0. The summed E-state index contributed by atoms with van der Waals surface area (Å²) in [6.07, 6.45) is 3.64. The summed E-state index contributed by atoms with van der Waals surface area (Å²) < 4.78 is 14.0. The van der Waals surface area contributed by atoms with E-state index in [1.807, 2.05) is 36.5 Å². The van der Waals surface area contributed by atoms with Gasteiger partial charge in [-0.05, 0) is 54.1 Å². The maximum atomic E-state index is 14.0. The second-order valence-electron chi connectivity index (χ2n) is 8.51. The van der Waals surface area contributed by atoms with E-state index in [1.54, 1.807) is 6.20 Å². The molecule has 4 aromatic heterocycles. The van der Waals surface area contributed by atoms with Gasteiger partial charge < -0.3 is 15.4 Å². The van der Waals surface area contributed by atoms with Gasteiger partial charge in [0.05, 0.1) is 22.2 Å². The number of aromatic hydroxyl groups is 1. The number of aromatic nitrogens is 6. The summed E-state index contributed by atoms with van der Waals surface area (Å²) in [5.74, 6) is -0.123. The van der Waals surface area contributed by atoms with Crippen molar-refractivity contribution in [2.75, 3.05) is 6.54 Å². The average molecular weight is 480 g/mol. The molecule has 0 spiro atoms. The van der Waals surface area contributed by atoms with Gasteiger partial charge in [-0.2, -0.15) is 5.10 Å². The molecule has 0 aliphatic heterocycles. The number of hydrogen-bond acceptors (Lipinski definition) is 6. The van der Waals surface area contributed by atoms with Gasteiger partial charge in [-0.15, -0.1) is 0 Å². The van der Waals surface area contributed by atoms with E-state index in [0.717, 1.165) is 47.0 Å². The van der Waals surface area contributed by atoms with Gasteiger partial charge in [-0.1, -0.05) is 19.1 Å². The van der Waals surface area contributed by atoms with E-state index in [9.17, 15) is 9.50 Å². The number of benzene rings is 2. The van der Waals surface area contributed by atoms with E-state index < -0.39 is 5.82 Å². The lowest BCUT2D eigenvalue weighted by molar-refractivity contribution is 0.469. The fraction of sp³-hybridized carbons (Fsp3) is 0.111. The number of pyridine rings is 2. The lowest BCUT2D eigenvalue weighted by atomic mass is 10.0. The molecule has 2 aromatic carbocycles. The molecule has 0 aliphatic carbocycles. The normalized spacial score (nSPS) is 11.5. The van der Waals surface area contributed by atoms with Crippen molar-refractivity contribution in [1.82, 2.24) is 35.5 Å². The van der Waals surface area contributed by atoms with Crippen molar-refractivity contribution in [3.63, 3.8) is 0 Å². The maximum Gasteiger partial charge on any atom is 0.161 e. The number of aromatic amines is 2. The highest BCUT2D eigenvalue weighted by Gasteiger charge is 2.17. The summed E-state index contributed by atoms with van der Waals surface area (Å²) in [5.41, 5.74) is 7.44. The molecule has 0 radical (unpaired) electrons. The molecule has 9 heteroatoms. The highest BCUT2D eigenvalue weighted by Crippen LogP contribution is 2.33. The first kappa shape index (κ1) is 21.9. The number of rotatable bonds is 6. The van der Waals surface area contributed by atoms with Gasteiger partial charge in [0, 0.05) is 36.1 Å². The number of fused-ring (bicyclic) bond motifs is 2. The van der Waals surface area contributed by atoms with E-state index in [1.165, 1.54) is 12.1 Å². The summed E-state index contributed by atoms with van der Waals surface area (Å²) in [5, 5.41) is 20.7. The number of phenols is 1. The van der Waals surface area contributed by atoms with Crippen LogP contribution in [0.4, 0.5) is 4.39 Å². The van der Waals surface area contributed by atoms with Crippen LogP contribution in [0.5, 0.6) is 5.75 Å². The topological polar surface area (TPSA) is 115 Å². The minimum atomic E-state index is -0.517. The Morgan fingerprint density at radius 1 is 0.944 bits per heavy atom. The SMILES string of the molecule is CCNCc1cncc(-c2ccc3[nH]nc(-c4nc5c(-c6cc(O)cc(F)c6)cccc5[nH]4)c3n2)c1. The van der Waals surface area contributed by atoms with E-state index in [0.29, 0.717) is 33.7 Å². The molecule has 178 valence electrons. The first-order valence-electron chi connectivity index (χ1n) is 11.6. The fourth-order valence-electron chi connectivity index (χ4n) is 4.33. The van der Waals surface area contributed by atoms with Crippen LogP contribution in [0.1, 0.15) is 12.5 Å². The van der Waals surface area contributed by atoms with E-state index >= 15 is 0 Å². The molecule has 0 amide bonds. The van der Waals surface area contributed by atoms with Crippen LogP contribution >= 0.6 is 0 Å². The Kier molecular flexibility index (Phi) is 5.38. The van der Waals surface area contributed by atoms with Crippen LogP contribution in [0.3, 0.4) is 0 Å². The second kappa shape index (κ2) is 8.86. The van der Waals surface area contributed by atoms with Gasteiger partial charge in [-0.25, -0.2) is 14.4 Å². The minimum Gasteiger partial charge on any atom is -0.508 e. The van der Waals surface area contributed by atoms with Gasteiger partial charge >= 0.3 is 0 Å². The highest BCUT2D eigenvalue weighted by molar-refractivity contribution is 5.96. The Hall–Kier alpha value is -4.63. The predicted octanol–water partition coefficient (Wildman–Crippen LogP) is 5.18. The van der Waals surface area contributed by atoms with Crippen molar-refractivity contribution in [2.45, 2.75) is 13.5 Å². The van der Waals surface area contributed by atoms with Crippen LogP contribution in [0.25, 0.3) is 56.0 Å². The summed E-state index contributed by atoms with van der Waals surface area (Å²) >= 11 is 0. The molecule has 0 atom stereocenters. The Balaban J connectivity index is 1.44. The molecule has 6 rings (SSSR count). The number of H-pyrrole nitrogens is 2. The maximum absolute atomic E-state index is 14.0. The molecule has 0 saturated carbocycles. The van der Waals surface area contributed by atoms with Gasteiger partial charge in [-0.3, -0.25) is 10.1 Å². The average Bonchev–Trinajstić information content (AvgIpc) is 3.50. The van der Waals surface area contributed by atoms with E-state index in [-0.39, 0.29) is 5.75 Å². The number of hydrogen-bond donors (Lipinski definition) is 4. The summed E-state index contributed by atoms with van der Waals surface area (Å²) in [6.45, 7) is 3.68. The van der Waals surface area contributed by atoms with Crippen LogP contribution in [0.2, 0.25) is 0 Å². The van der Waals surface area contributed by atoms with Gasteiger partial charge in [0.1, 0.15) is 17.1 Å². The molecular weight excluding hydrogens is 457 g/mol. The van der Waals surface area contributed by atoms with Crippen molar-refractivity contribution in [1.29, 1.82) is 0 Å². The van der Waals surface area contributed by atoms with Crippen LogP contribution < -0.4 is 5.32 Å². The van der Waals surface area contributed by atoms with Crippen LogP contribution in [0.15, 0.2) is 67.0 Å². The molecule has 0 fully saturated rings. The summed E-state index contributed by atoms with van der Waals surface area (Å²) in [4.78, 5) is 17.4. The Morgan fingerprint density at radius 3 is 2.72 bits per heavy atom. The van der Waals surface area contributed by atoms with Crippen molar-refractivity contribution in [3.05, 3.63) is 78.4 Å². The number of nitrogens with zero attached hydrogens (tertiary/aromatic N) is 4. The third-order valence-electron chi connectivity index (χ3n) is 6.01.